The van der Waals surface area contributed by atoms with E-state index in [0.29, 0.717) is 67.0 Å². The van der Waals surface area contributed by atoms with Crippen molar-refractivity contribution in [2.75, 3.05) is 57.9 Å². The molecule has 4 aromatic carbocycles. The van der Waals surface area contributed by atoms with Crippen molar-refractivity contribution in [3.63, 3.8) is 0 Å². The van der Waals surface area contributed by atoms with Crippen LogP contribution in [0.3, 0.4) is 0 Å². The third-order valence-corrected chi connectivity index (χ3v) is 11.5. The Morgan fingerprint density at radius 3 is 1.57 bits per heavy atom. The Hall–Kier alpha value is -5.23. The van der Waals surface area contributed by atoms with Gasteiger partial charge in [-0.25, -0.2) is 4.79 Å². The lowest BCUT2D eigenvalue weighted by atomic mass is 10.0. The number of halogens is 4. The lowest BCUT2D eigenvalue weighted by Crippen LogP contribution is -2.44. The second-order valence-electron chi connectivity index (χ2n) is 14.6. The van der Waals surface area contributed by atoms with Gasteiger partial charge in [0.2, 0.25) is 0 Å². The van der Waals surface area contributed by atoms with Gasteiger partial charge in [0.1, 0.15) is 29.8 Å². The second-order valence-corrected chi connectivity index (χ2v) is 17.0. The Balaban J connectivity index is 0.000000236. The minimum atomic E-state index is -1.05. The van der Waals surface area contributed by atoms with Crippen molar-refractivity contribution in [1.82, 2.24) is 4.90 Å². The van der Waals surface area contributed by atoms with E-state index in [9.17, 15) is 14.4 Å². The van der Waals surface area contributed by atoms with Crippen LogP contribution in [0, 0.1) is 22.7 Å². The van der Waals surface area contributed by atoms with Crippen LogP contribution in [-0.2, 0) is 14.3 Å². The SMILES string of the molecule is CC1(C)C(=O)N(c2ccc(C#N)c(Cl)c2)C(=S)N1c1ccc(Cl)c(N)c1.CN(C)CCOC(=O)Nc1cc(N2C(=S)N(c3ccc(C#N)c(Cl)c3)C(=O)C2(C)C)ccc1Cl. The Bertz CT molecular complexity index is 2520. The molecule has 0 aromatic heterocycles. The monoisotopic (exact) mass is 923 g/mol. The molecule has 3 N–H and O–H groups in total. The third kappa shape index (κ3) is 9.08. The van der Waals surface area contributed by atoms with Crippen molar-refractivity contribution in [3.05, 3.63) is 104 Å². The number of nitrogens with two attached hydrogens (primary N) is 1. The van der Waals surface area contributed by atoms with E-state index >= 15 is 0 Å². The van der Waals surface area contributed by atoms with Gasteiger partial charge in [0, 0.05) is 17.9 Å². The lowest BCUT2D eigenvalue weighted by Gasteiger charge is -2.30. The smallest absolute Gasteiger partial charge is 0.411 e. The van der Waals surface area contributed by atoms with Gasteiger partial charge in [-0.1, -0.05) is 46.4 Å². The average Bonchev–Trinajstić information content (AvgIpc) is 3.47. The van der Waals surface area contributed by atoms with E-state index in [2.05, 4.69) is 5.32 Å². The summed E-state index contributed by atoms with van der Waals surface area (Å²) in [4.78, 5) is 46.7. The molecule has 0 bridgehead atoms. The number of likely N-dealkylation sites (N-methyl/N-ethyl adjacent to an activating group) is 1. The van der Waals surface area contributed by atoms with Crippen molar-refractivity contribution >= 4 is 133 Å². The van der Waals surface area contributed by atoms with Crippen LogP contribution in [0.15, 0.2) is 72.8 Å². The summed E-state index contributed by atoms with van der Waals surface area (Å²) in [6.07, 6.45) is -0.644. The number of nitrogens with zero attached hydrogens (tertiary/aromatic N) is 7. The van der Waals surface area contributed by atoms with Crippen molar-refractivity contribution in [1.29, 1.82) is 10.5 Å². The number of hydrogen-bond acceptors (Lipinski definition) is 10. The van der Waals surface area contributed by atoms with Crippen LogP contribution in [0.25, 0.3) is 0 Å². The molecule has 0 radical (unpaired) electrons. The van der Waals surface area contributed by atoms with E-state index in [-0.39, 0.29) is 33.6 Å². The number of benzene rings is 4. The summed E-state index contributed by atoms with van der Waals surface area (Å²) in [5.41, 5.74) is 7.44. The van der Waals surface area contributed by atoms with Crippen LogP contribution in [-0.4, -0.2) is 71.4 Å². The summed E-state index contributed by atoms with van der Waals surface area (Å²) in [7, 11) is 3.75. The van der Waals surface area contributed by atoms with Gasteiger partial charge in [-0.3, -0.25) is 24.7 Å². The van der Waals surface area contributed by atoms with E-state index in [4.69, 9.17) is 91.8 Å². The van der Waals surface area contributed by atoms with Crippen molar-refractivity contribution < 1.29 is 19.1 Å². The highest BCUT2D eigenvalue weighted by Gasteiger charge is 2.51. The highest BCUT2D eigenvalue weighted by Crippen LogP contribution is 2.41. The maximum Gasteiger partial charge on any atom is 0.411 e. The van der Waals surface area contributed by atoms with Gasteiger partial charge in [0.15, 0.2) is 10.2 Å². The highest BCUT2D eigenvalue weighted by atomic mass is 35.5. The van der Waals surface area contributed by atoms with Crippen LogP contribution in [0.4, 0.5) is 38.9 Å². The van der Waals surface area contributed by atoms with Crippen molar-refractivity contribution in [2.24, 2.45) is 0 Å². The van der Waals surface area contributed by atoms with Gasteiger partial charge in [0.05, 0.1) is 54.0 Å². The summed E-state index contributed by atoms with van der Waals surface area (Å²) in [5, 5.41) is 22.5. The first-order chi connectivity index (χ1) is 28.1. The maximum atomic E-state index is 13.4. The first-order valence-electron chi connectivity index (χ1n) is 17.9. The number of anilines is 6. The van der Waals surface area contributed by atoms with E-state index in [1.54, 1.807) is 98.2 Å². The third-order valence-electron chi connectivity index (χ3n) is 9.45. The average molecular weight is 926 g/mol. The molecule has 2 aliphatic rings. The zero-order valence-corrected chi connectivity index (χ0v) is 37.7. The zero-order valence-electron chi connectivity index (χ0n) is 33.0. The molecule has 0 saturated carbocycles. The Morgan fingerprint density at radius 2 is 1.15 bits per heavy atom. The van der Waals surface area contributed by atoms with Crippen molar-refractivity contribution in [2.45, 2.75) is 38.8 Å². The normalized spacial score (nSPS) is 15.5. The summed E-state index contributed by atoms with van der Waals surface area (Å²) in [6, 6.07) is 23.5. The van der Waals surface area contributed by atoms with Gasteiger partial charge >= 0.3 is 6.09 Å². The molecular weight excluding hydrogens is 888 g/mol. The summed E-state index contributed by atoms with van der Waals surface area (Å²) in [5.74, 6) is -0.484. The molecule has 0 aliphatic carbocycles. The fourth-order valence-corrected chi connectivity index (χ4v) is 8.03. The van der Waals surface area contributed by atoms with Gasteiger partial charge in [-0.15, -0.1) is 0 Å². The summed E-state index contributed by atoms with van der Waals surface area (Å²) in [6.45, 7) is 7.83. The largest absolute Gasteiger partial charge is 0.448 e. The van der Waals surface area contributed by atoms with Gasteiger partial charge < -0.3 is 25.2 Å². The molecule has 60 heavy (non-hydrogen) atoms. The topological polar surface area (TPSA) is 162 Å². The number of nitrogens with one attached hydrogen (secondary N) is 1. The van der Waals surface area contributed by atoms with Gasteiger partial charge in [-0.2, -0.15) is 10.5 Å². The predicted molar refractivity (Wildman–Crippen MR) is 246 cm³/mol. The molecule has 0 spiro atoms. The molecule has 3 amide bonds. The fraction of sp³-hybridized carbons (Fsp3) is 0.244. The number of hydrogen-bond donors (Lipinski definition) is 2. The second kappa shape index (κ2) is 18.2. The van der Waals surface area contributed by atoms with E-state index in [1.165, 1.54) is 21.9 Å². The number of thiocarbonyl (C=S) groups is 2. The molecule has 310 valence electrons. The maximum absolute atomic E-state index is 13.4. The molecular formula is C41H37Cl4N9O4S2. The zero-order chi connectivity index (χ0) is 44.4. The first kappa shape index (κ1) is 45.8. The standard InChI is InChI=1S/C23H23Cl2N5O3S.C18H14Cl2N4OS/c1-23(2)20(31)29(15-6-5-14(13-26)18(25)11-15)22(34)30(23)16-7-8-17(24)19(12-16)27-21(32)33-10-9-28(3)4;1-18(2)16(25)23(11-4-3-10(9-21)14(20)7-11)17(26)24(18)12-5-6-13(19)15(22)8-12/h5-8,11-12H,9-10H2,1-4H3,(H,27,32);3-8H,22H2,1-2H3. The molecule has 13 nitrogen and oxygen atoms in total. The van der Waals surface area contributed by atoms with Gasteiger partial charge in [-0.05, 0) is 139 Å². The highest BCUT2D eigenvalue weighted by molar-refractivity contribution is 7.81. The van der Waals surface area contributed by atoms with Crippen LogP contribution < -0.4 is 30.7 Å². The molecule has 2 aliphatic heterocycles. The molecule has 2 heterocycles. The Morgan fingerprint density at radius 1 is 0.717 bits per heavy atom. The number of carbonyl (C=O) groups excluding carboxylic acids is 3. The quantitative estimate of drug-likeness (QED) is 0.128. The van der Waals surface area contributed by atoms with Gasteiger partial charge in [0.25, 0.3) is 11.8 Å². The molecule has 2 saturated heterocycles. The number of ether oxygens (including phenoxy) is 1. The fourth-order valence-electron chi connectivity index (χ4n) is 6.27. The van der Waals surface area contributed by atoms with Crippen LogP contribution in [0.1, 0.15) is 38.8 Å². The molecule has 0 atom stereocenters. The van der Waals surface area contributed by atoms with E-state index in [1.807, 2.05) is 31.1 Å². The lowest BCUT2D eigenvalue weighted by molar-refractivity contribution is -0.121. The number of nitrogen functional groups attached to an aromatic ring is 1. The number of amides is 3. The first-order valence-corrected chi connectivity index (χ1v) is 20.2. The number of carbonyl (C=O) groups is 3. The molecule has 19 heteroatoms. The molecule has 6 rings (SSSR count). The Kier molecular flexibility index (Phi) is 13.9. The molecule has 2 fully saturated rings. The minimum absolute atomic E-state index is 0.211. The Labute approximate surface area is 378 Å². The summed E-state index contributed by atoms with van der Waals surface area (Å²) < 4.78 is 5.17. The van der Waals surface area contributed by atoms with Crippen molar-refractivity contribution in [3.8, 4) is 12.1 Å². The minimum Gasteiger partial charge on any atom is -0.448 e. The van der Waals surface area contributed by atoms with Crippen LogP contribution in [0.2, 0.25) is 20.1 Å². The van der Waals surface area contributed by atoms with Crippen LogP contribution >= 0.6 is 70.8 Å². The van der Waals surface area contributed by atoms with E-state index < -0.39 is 17.2 Å². The van der Waals surface area contributed by atoms with E-state index in [0.717, 1.165) is 0 Å². The number of nitriles is 2. The van der Waals surface area contributed by atoms with Crippen LogP contribution in [0.5, 0.6) is 0 Å². The predicted octanol–water partition coefficient (Wildman–Crippen LogP) is 9.26. The molecule has 0 unspecified atom stereocenters. The molecule has 4 aromatic rings. The summed E-state index contributed by atoms with van der Waals surface area (Å²) >= 11 is 35.8. The number of rotatable bonds is 8.